The normalized spacial score (nSPS) is 13.4. The van der Waals surface area contributed by atoms with Crippen LogP contribution in [0.4, 0.5) is 0 Å². The van der Waals surface area contributed by atoms with Crippen molar-refractivity contribution in [1.82, 2.24) is 4.90 Å². The Bertz CT molecular complexity index is 521. The second kappa shape index (κ2) is 6.02. The smallest absolute Gasteiger partial charge is 0.101 e. The van der Waals surface area contributed by atoms with E-state index < -0.39 is 6.10 Å². The lowest BCUT2D eigenvalue weighted by atomic mass is 10.2. The van der Waals surface area contributed by atoms with Crippen molar-refractivity contribution in [3.8, 4) is 0 Å². The Kier molecular flexibility index (Phi) is 4.62. The summed E-state index contributed by atoms with van der Waals surface area (Å²) in [7, 11) is 0. The van der Waals surface area contributed by atoms with E-state index in [2.05, 4.69) is 18.7 Å². The van der Waals surface area contributed by atoms with E-state index in [1.165, 1.54) is 4.70 Å². The summed E-state index contributed by atoms with van der Waals surface area (Å²) < 4.78 is 1.17. The van der Waals surface area contributed by atoms with Crippen LogP contribution in [0, 0.1) is 0 Å². The monoisotopic (exact) mass is 283 g/mol. The molecule has 98 valence electrons. The quantitative estimate of drug-likeness (QED) is 0.899. The number of aliphatic hydroxyl groups excluding tert-OH is 1. The van der Waals surface area contributed by atoms with E-state index in [0.717, 1.165) is 28.4 Å². The molecule has 0 spiro atoms. The molecule has 0 aliphatic carbocycles. The zero-order chi connectivity index (χ0) is 13.1. The Morgan fingerprint density at radius 1 is 1.28 bits per heavy atom. The highest BCUT2D eigenvalue weighted by molar-refractivity contribution is 7.19. The molecule has 1 heterocycles. The number of hydrogen-bond donors (Lipinski definition) is 1. The number of fused-ring (bicyclic) bond motifs is 1. The molecule has 2 nitrogen and oxygen atoms in total. The van der Waals surface area contributed by atoms with Gasteiger partial charge < -0.3 is 10.0 Å². The summed E-state index contributed by atoms with van der Waals surface area (Å²) in [6.07, 6.45) is -0.416. The topological polar surface area (TPSA) is 23.5 Å². The Hall–Kier alpha value is -0.610. The van der Waals surface area contributed by atoms with Crippen LogP contribution in [0.15, 0.2) is 24.3 Å². The lowest BCUT2D eigenvalue weighted by Crippen LogP contribution is -2.27. The maximum Gasteiger partial charge on any atom is 0.101 e. The summed E-state index contributed by atoms with van der Waals surface area (Å²) in [5, 5.41) is 12.1. The first-order chi connectivity index (χ1) is 8.63. The fraction of sp³-hybridized carbons (Fsp3) is 0.429. The van der Waals surface area contributed by atoms with Crippen LogP contribution in [-0.4, -0.2) is 29.6 Å². The Labute approximate surface area is 117 Å². The highest BCUT2D eigenvalue weighted by Crippen LogP contribution is 2.31. The van der Waals surface area contributed by atoms with Crippen molar-refractivity contribution in [3.05, 3.63) is 34.2 Å². The van der Waals surface area contributed by atoms with Gasteiger partial charge in [0, 0.05) is 21.1 Å². The average Bonchev–Trinajstić information content (AvgIpc) is 2.78. The molecule has 0 saturated heterocycles. The van der Waals surface area contributed by atoms with E-state index in [4.69, 9.17) is 11.6 Å². The molecule has 1 unspecified atom stereocenters. The van der Waals surface area contributed by atoms with Crippen LogP contribution in [0.5, 0.6) is 0 Å². The molecule has 1 aromatic heterocycles. The van der Waals surface area contributed by atoms with Gasteiger partial charge in [-0.2, -0.15) is 0 Å². The Morgan fingerprint density at radius 3 is 2.67 bits per heavy atom. The van der Waals surface area contributed by atoms with Crippen LogP contribution in [0.25, 0.3) is 10.1 Å². The first-order valence-corrected chi connectivity index (χ1v) is 7.43. The number of thiophene rings is 1. The fourth-order valence-electron chi connectivity index (χ4n) is 2.02. The number of aliphatic hydroxyl groups is 1. The van der Waals surface area contributed by atoms with Gasteiger partial charge in [-0.1, -0.05) is 25.4 Å². The molecular formula is C14H18ClNOS. The molecule has 18 heavy (non-hydrogen) atoms. The summed E-state index contributed by atoms with van der Waals surface area (Å²) in [6, 6.07) is 7.89. The maximum absolute atomic E-state index is 10.3. The number of hydrogen-bond acceptors (Lipinski definition) is 3. The summed E-state index contributed by atoms with van der Waals surface area (Å²) in [5.74, 6) is 0. The van der Waals surface area contributed by atoms with Gasteiger partial charge in [0.05, 0.1) is 0 Å². The van der Waals surface area contributed by atoms with E-state index in [1.807, 2.05) is 24.3 Å². The summed E-state index contributed by atoms with van der Waals surface area (Å²) >= 11 is 7.61. The molecular weight excluding hydrogens is 266 g/mol. The number of halogens is 1. The molecule has 1 aromatic carbocycles. The second-order valence-corrected chi connectivity index (χ2v) is 5.88. The standard InChI is InChI=1S/C14H18ClNOS/c1-3-16(4-2)9-12(17)14-8-10-7-11(15)5-6-13(10)18-14/h5-8,12,17H,3-4,9H2,1-2H3. The third kappa shape index (κ3) is 3.04. The van der Waals surface area contributed by atoms with Crippen LogP contribution in [0.3, 0.4) is 0 Å². The van der Waals surface area contributed by atoms with E-state index in [0.29, 0.717) is 6.54 Å². The predicted octanol–water partition coefficient (Wildman–Crippen LogP) is 3.93. The van der Waals surface area contributed by atoms with Crippen molar-refractivity contribution in [2.45, 2.75) is 20.0 Å². The van der Waals surface area contributed by atoms with Gasteiger partial charge in [-0.15, -0.1) is 11.3 Å². The van der Waals surface area contributed by atoms with Crippen molar-refractivity contribution >= 4 is 33.0 Å². The minimum Gasteiger partial charge on any atom is -0.386 e. The molecule has 2 rings (SSSR count). The molecule has 1 N–H and O–H groups in total. The maximum atomic E-state index is 10.3. The second-order valence-electron chi connectivity index (χ2n) is 4.33. The lowest BCUT2D eigenvalue weighted by Gasteiger charge is -2.20. The summed E-state index contributed by atoms with van der Waals surface area (Å²) in [6.45, 7) is 6.84. The minimum atomic E-state index is -0.416. The third-order valence-electron chi connectivity index (χ3n) is 3.15. The van der Waals surface area contributed by atoms with Gasteiger partial charge in [-0.05, 0) is 42.7 Å². The molecule has 0 radical (unpaired) electrons. The molecule has 0 bridgehead atoms. The van der Waals surface area contributed by atoms with Crippen LogP contribution in [0.2, 0.25) is 5.02 Å². The number of rotatable bonds is 5. The molecule has 0 fully saturated rings. The molecule has 1 atom stereocenters. The Morgan fingerprint density at radius 2 is 2.00 bits per heavy atom. The zero-order valence-corrected chi connectivity index (χ0v) is 12.3. The number of likely N-dealkylation sites (N-methyl/N-ethyl adjacent to an activating group) is 1. The van der Waals surface area contributed by atoms with Gasteiger partial charge in [0.15, 0.2) is 0 Å². The largest absolute Gasteiger partial charge is 0.386 e. The van der Waals surface area contributed by atoms with Crippen molar-refractivity contribution < 1.29 is 5.11 Å². The van der Waals surface area contributed by atoms with Gasteiger partial charge in [0.25, 0.3) is 0 Å². The molecule has 2 aromatic rings. The molecule has 0 amide bonds. The summed E-state index contributed by atoms with van der Waals surface area (Å²) in [4.78, 5) is 3.24. The number of benzene rings is 1. The van der Waals surface area contributed by atoms with E-state index >= 15 is 0 Å². The van der Waals surface area contributed by atoms with Crippen molar-refractivity contribution in [2.75, 3.05) is 19.6 Å². The van der Waals surface area contributed by atoms with Gasteiger partial charge in [0.2, 0.25) is 0 Å². The fourth-order valence-corrected chi connectivity index (χ4v) is 3.22. The molecule has 0 aliphatic heterocycles. The van der Waals surface area contributed by atoms with Crippen LogP contribution in [0.1, 0.15) is 24.8 Å². The summed E-state index contributed by atoms with van der Waals surface area (Å²) in [5.41, 5.74) is 0. The highest BCUT2D eigenvalue weighted by Gasteiger charge is 2.14. The van der Waals surface area contributed by atoms with Crippen LogP contribution < -0.4 is 0 Å². The van der Waals surface area contributed by atoms with Crippen molar-refractivity contribution in [1.29, 1.82) is 0 Å². The van der Waals surface area contributed by atoms with Crippen molar-refractivity contribution in [3.63, 3.8) is 0 Å². The Balaban J connectivity index is 2.20. The van der Waals surface area contributed by atoms with E-state index in [-0.39, 0.29) is 0 Å². The molecule has 0 saturated carbocycles. The van der Waals surface area contributed by atoms with Crippen LogP contribution in [-0.2, 0) is 0 Å². The van der Waals surface area contributed by atoms with Crippen molar-refractivity contribution in [2.24, 2.45) is 0 Å². The lowest BCUT2D eigenvalue weighted by molar-refractivity contribution is 0.122. The molecule has 0 aliphatic rings. The van der Waals surface area contributed by atoms with E-state index in [9.17, 15) is 5.11 Å². The SMILES string of the molecule is CCN(CC)CC(O)c1cc2cc(Cl)ccc2s1. The van der Waals surface area contributed by atoms with Gasteiger partial charge in [0.1, 0.15) is 6.10 Å². The minimum absolute atomic E-state index is 0.416. The molecule has 4 heteroatoms. The number of nitrogens with zero attached hydrogens (tertiary/aromatic N) is 1. The van der Waals surface area contributed by atoms with Crippen LogP contribution >= 0.6 is 22.9 Å². The average molecular weight is 284 g/mol. The zero-order valence-electron chi connectivity index (χ0n) is 10.7. The van der Waals surface area contributed by atoms with Gasteiger partial charge >= 0.3 is 0 Å². The predicted molar refractivity (Wildman–Crippen MR) is 79.6 cm³/mol. The first-order valence-electron chi connectivity index (χ1n) is 6.23. The third-order valence-corrected chi connectivity index (χ3v) is 4.60. The highest BCUT2D eigenvalue weighted by atomic mass is 35.5. The van der Waals surface area contributed by atoms with Gasteiger partial charge in [-0.25, -0.2) is 0 Å². The first kappa shape index (κ1) is 13.8. The van der Waals surface area contributed by atoms with Gasteiger partial charge in [-0.3, -0.25) is 0 Å². The van der Waals surface area contributed by atoms with E-state index in [1.54, 1.807) is 11.3 Å².